The van der Waals surface area contributed by atoms with Crippen molar-refractivity contribution < 1.29 is 8.83 Å². The smallest absolute Gasteiger partial charge is 0.145 e. The Balaban J connectivity index is 1.16. The molecule has 0 unspecified atom stereocenters. The minimum atomic E-state index is 0.833. The fourth-order valence-corrected chi connectivity index (χ4v) is 9.17. The Morgan fingerprint density at radius 1 is 0.271 bits per heavy atom. The minimum Gasteiger partial charge on any atom is -0.455 e. The predicted octanol–water partition coefficient (Wildman–Crippen LogP) is 16.3. The molecule has 276 valence electrons. The Labute approximate surface area is 340 Å². The second-order valence-electron chi connectivity index (χ2n) is 15.2. The summed E-state index contributed by atoms with van der Waals surface area (Å²) in [6.07, 6.45) is 0. The number of hydrogen-bond acceptors (Lipinski definition) is 3. The number of fused-ring (bicyclic) bond motifs is 9. The molecule has 0 aliphatic carbocycles. The molecule has 0 atom stereocenters. The molecule has 0 fully saturated rings. The first-order valence-electron chi connectivity index (χ1n) is 20.1. The van der Waals surface area contributed by atoms with Gasteiger partial charge in [-0.05, 0) is 74.8 Å². The quantitative estimate of drug-likeness (QED) is 0.158. The summed E-state index contributed by atoms with van der Waals surface area (Å²) in [4.78, 5) is 2.44. The number of anilines is 3. The summed E-state index contributed by atoms with van der Waals surface area (Å²) in [6, 6.07) is 75.5. The van der Waals surface area contributed by atoms with Crippen LogP contribution in [-0.4, -0.2) is 0 Å². The Hall–Kier alpha value is -7.88. The Kier molecular flexibility index (Phi) is 7.54. The second-order valence-corrected chi connectivity index (χ2v) is 15.2. The van der Waals surface area contributed by atoms with Crippen molar-refractivity contribution in [2.75, 3.05) is 4.90 Å². The third-order valence-corrected chi connectivity index (χ3v) is 11.9. The molecule has 0 radical (unpaired) electrons. The van der Waals surface area contributed by atoms with Gasteiger partial charge in [0, 0.05) is 27.3 Å². The van der Waals surface area contributed by atoms with Gasteiger partial charge in [0.25, 0.3) is 0 Å². The van der Waals surface area contributed by atoms with E-state index in [2.05, 4.69) is 217 Å². The van der Waals surface area contributed by atoms with Gasteiger partial charge in [0.15, 0.2) is 0 Å². The lowest BCUT2D eigenvalue weighted by Gasteiger charge is -2.28. The predicted molar refractivity (Wildman–Crippen MR) is 247 cm³/mol. The average molecular weight is 754 g/mol. The summed E-state index contributed by atoms with van der Waals surface area (Å²) in [7, 11) is 0. The molecular formula is C56H35NO2. The van der Waals surface area contributed by atoms with Gasteiger partial charge in [-0.2, -0.15) is 0 Å². The van der Waals surface area contributed by atoms with E-state index in [9.17, 15) is 0 Å². The highest BCUT2D eigenvalue weighted by atomic mass is 16.3. The first-order chi connectivity index (χ1) is 29.3. The van der Waals surface area contributed by atoms with Crippen LogP contribution in [0.5, 0.6) is 0 Å². The zero-order valence-corrected chi connectivity index (χ0v) is 32.0. The lowest BCUT2D eigenvalue weighted by molar-refractivity contribution is 0.670. The van der Waals surface area contributed by atoms with Crippen LogP contribution in [0.2, 0.25) is 0 Å². The molecule has 0 bridgehead atoms. The van der Waals surface area contributed by atoms with Gasteiger partial charge in [-0.3, -0.25) is 0 Å². The standard InChI is InChI=1S/C56H35NO2/c1-3-14-36(15-4-1)37-28-30-40(31-29-37)43-34-35-50(54-46-20-9-10-26-51(46)58-56(43)54)57(48-24-12-22-44-41-19-8-7-18-39(41)32-33-45(44)48)49-25-13-27-52-53(49)47-23-11-21-42(55(47)59-52)38-16-5-2-6-17-38/h1-35H. The van der Waals surface area contributed by atoms with Crippen molar-refractivity contribution in [3.05, 3.63) is 212 Å². The summed E-state index contributed by atoms with van der Waals surface area (Å²) in [5.41, 5.74) is 13.2. The number of para-hydroxylation sites is 2. The molecule has 2 heterocycles. The number of rotatable bonds is 6. The largest absolute Gasteiger partial charge is 0.455 e. The fraction of sp³-hybridized carbons (Fsp3) is 0. The average Bonchev–Trinajstić information content (AvgIpc) is 3.90. The van der Waals surface area contributed by atoms with Crippen LogP contribution in [0.1, 0.15) is 0 Å². The molecule has 12 rings (SSSR count). The highest BCUT2D eigenvalue weighted by molar-refractivity contribution is 6.23. The normalized spacial score (nSPS) is 11.7. The topological polar surface area (TPSA) is 29.5 Å². The third kappa shape index (κ3) is 5.29. The molecular weight excluding hydrogens is 719 g/mol. The molecule has 0 aliphatic rings. The van der Waals surface area contributed by atoms with Gasteiger partial charge in [-0.1, -0.05) is 176 Å². The van der Waals surface area contributed by atoms with Gasteiger partial charge in [0.2, 0.25) is 0 Å². The van der Waals surface area contributed by atoms with Gasteiger partial charge in [0.05, 0.1) is 27.8 Å². The van der Waals surface area contributed by atoms with E-state index >= 15 is 0 Å². The maximum absolute atomic E-state index is 6.92. The maximum Gasteiger partial charge on any atom is 0.145 e. The van der Waals surface area contributed by atoms with Crippen molar-refractivity contribution >= 4 is 82.5 Å². The molecule has 10 aromatic carbocycles. The van der Waals surface area contributed by atoms with Crippen molar-refractivity contribution in [1.82, 2.24) is 0 Å². The molecule has 0 aliphatic heterocycles. The summed E-state index contributed by atoms with van der Waals surface area (Å²) < 4.78 is 13.8. The van der Waals surface area contributed by atoms with E-state index in [0.29, 0.717) is 0 Å². The van der Waals surface area contributed by atoms with Gasteiger partial charge < -0.3 is 13.7 Å². The number of furan rings is 2. The van der Waals surface area contributed by atoms with Gasteiger partial charge >= 0.3 is 0 Å². The van der Waals surface area contributed by atoms with Crippen LogP contribution >= 0.6 is 0 Å². The van der Waals surface area contributed by atoms with Gasteiger partial charge in [0.1, 0.15) is 22.3 Å². The van der Waals surface area contributed by atoms with Crippen molar-refractivity contribution in [2.24, 2.45) is 0 Å². The van der Waals surface area contributed by atoms with Crippen LogP contribution in [-0.2, 0) is 0 Å². The minimum absolute atomic E-state index is 0.833. The number of benzene rings is 10. The van der Waals surface area contributed by atoms with E-state index in [0.717, 1.165) is 88.6 Å². The highest BCUT2D eigenvalue weighted by Crippen LogP contribution is 2.51. The monoisotopic (exact) mass is 753 g/mol. The molecule has 3 heteroatoms. The lowest BCUT2D eigenvalue weighted by Crippen LogP contribution is -2.11. The van der Waals surface area contributed by atoms with Crippen molar-refractivity contribution in [3.63, 3.8) is 0 Å². The van der Waals surface area contributed by atoms with Gasteiger partial charge in [-0.15, -0.1) is 0 Å². The van der Waals surface area contributed by atoms with Crippen molar-refractivity contribution in [2.45, 2.75) is 0 Å². The Morgan fingerprint density at radius 3 is 1.68 bits per heavy atom. The van der Waals surface area contributed by atoms with Crippen LogP contribution in [0, 0.1) is 0 Å². The summed E-state index contributed by atoms with van der Waals surface area (Å²) >= 11 is 0. The Morgan fingerprint density at radius 2 is 0.831 bits per heavy atom. The van der Waals surface area contributed by atoms with E-state index in [1.54, 1.807) is 0 Å². The molecule has 0 saturated carbocycles. The van der Waals surface area contributed by atoms with E-state index in [1.807, 2.05) is 0 Å². The van der Waals surface area contributed by atoms with Crippen LogP contribution < -0.4 is 4.90 Å². The Bertz CT molecular complexity index is 3540. The van der Waals surface area contributed by atoms with Crippen molar-refractivity contribution in [1.29, 1.82) is 0 Å². The number of hydrogen-bond donors (Lipinski definition) is 0. The highest BCUT2D eigenvalue weighted by Gasteiger charge is 2.26. The van der Waals surface area contributed by atoms with E-state index in [4.69, 9.17) is 8.83 Å². The van der Waals surface area contributed by atoms with E-state index in [1.165, 1.54) is 27.3 Å². The van der Waals surface area contributed by atoms with E-state index in [-0.39, 0.29) is 0 Å². The molecule has 2 aromatic heterocycles. The van der Waals surface area contributed by atoms with Crippen LogP contribution in [0.15, 0.2) is 221 Å². The molecule has 12 aromatic rings. The van der Waals surface area contributed by atoms with Crippen LogP contribution in [0.4, 0.5) is 17.1 Å². The third-order valence-electron chi connectivity index (χ3n) is 11.9. The fourth-order valence-electron chi connectivity index (χ4n) is 9.17. The lowest BCUT2D eigenvalue weighted by atomic mass is 9.96. The first-order valence-corrected chi connectivity index (χ1v) is 20.1. The molecule has 0 amide bonds. The first kappa shape index (κ1) is 33.3. The van der Waals surface area contributed by atoms with Gasteiger partial charge in [-0.25, -0.2) is 0 Å². The molecule has 0 spiro atoms. The SMILES string of the molecule is c1ccc(-c2ccc(-c3ccc(N(c4cccc5c4ccc4ccccc45)c4cccc5oc6c(-c7ccccc7)cccc6c45)c4c3oc3ccccc34)cc2)cc1. The second kappa shape index (κ2) is 13.4. The summed E-state index contributed by atoms with van der Waals surface area (Å²) in [6.45, 7) is 0. The van der Waals surface area contributed by atoms with E-state index < -0.39 is 0 Å². The number of nitrogens with zero attached hydrogens (tertiary/aromatic N) is 1. The van der Waals surface area contributed by atoms with Crippen LogP contribution in [0.25, 0.3) is 98.8 Å². The van der Waals surface area contributed by atoms with Crippen LogP contribution in [0.3, 0.4) is 0 Å². The summed E-state index contributed by atoms with van der Waals surface area (Å²) in [5, 5.41) is 9.03. The summed E-state index contributed by atoms with van der Waals surface area (Å²) in [5.74, 6) is 0. The molecule has 0 saturated heterocycles. The zero-order valence-electron chi connectivity index (χ0n) is 32.0. The molecule has 0 N–H and O–H groups in total. The maximum atomic E-state index is 6.92. The zero-order chi connectivity index (χ0) is 38.9. The molecule has 3 nitrogen and oxygen atoms in total. The molecule has 59 heavy (non-hydrogen) atoms. The van der Waals surface area contributed by atoms with Crippen molar-refractivity contribution in [3.8, 4) is 33.4 Å².